The molecule has 1 aliphatic heterocycles. The number of carbonyl (C=O) groups excluding carboxylic acids is 2. The second kappa shape index (κ2) is 9.25. The molecule has 0 radical (unpaired) electrons. The molecule has 168 valence electrons. The van der Waals surface area contributed by atoms with Gasteiger partial charge in [-0.3, -0.25) is 9.79 Å². The van der Waals surface area contributed by atoms with Crippen LogP contribution >= 0.6 is 0 Å². The first-order valence-corrected chi connectivity index (χ1v) is 11.0. The van der Waals surface area contributed by atoms with Crippen molar-refractivity contribution in [3.8, 4) is 11.5 Å². The summed E-state index contributed by atoms with van der Waals surface area (Å²) in [6, 6.07) is 5.64. The molecule has 0 spiro atoms. The summed E-state index contributed by atoms with van der Waals surface area (Å²) in [6.07, 6.45) is 2.06. The van der Waals surface area contributed by atoms with Crippen molar-refractivity contribution in [3.05, 3.63) is 35.0 Å². The van der Waals surface area contributed by atoms with E-state index in [9.17, 15) is 9.59 Å². The third-order valence-corrected chi connectivity index (χ3v) is 5.87. The number of fused-ring (bicyclic) bond motifs is 1. The van der Waals surface area contributed by atoms with Gasteiger partial charge in [0.15, 0.2) is 11.5 Å². The van der Waals surface area contributed by atoms with Crippen LogP contribution in [0.2, 0.25) is 0 Å². The van der Waals surface area contributed by atoms with Crippen LogP contribution in [-0.4, -0.2) is 37.8 Å². The van der Waals surface area contributed by atoms with E-state index in [-0.39, 0.29) is 17.8 Å². The highest BCUT2D eigenvalue weighted by Crippen LogP contribution is 2.48. The number of ether oxygens (including phenoxy) is 3. The Kier molecular flexibility index (Phi) is 6.87. The van der Waals surface area contributed by atoms with Gasteiger partial charge in [0.2, 0.25) is 0 Å². The van der Waals surface area contributed by atoms with Crippen LogP contribution in [-0.2, 0) is 14.3 Å². The largest absolute Gasteiger partial charge is 0.493 e. The topological polar surface area (TPSA) is 74.2 Å². The number of methoxy groups -OCH3 is 1. The van der Waals surface area contributed by atoms with Crippen molar-refractivity contribution in [3.63, 3.8) is 0 Å². The zero-order valence-electron chi connectivity index (χ0n) is 19.4. The molecule has 1 saturated carbocycles. The number of carbonyl (C=O) groups is 2. The second-order valence-corrected chi connectivity index (χ2v) is 9.02. The average molecular weight is 428 g/mol. The Morgan fingerprint density at radius 2 is 1.90 bits per heavy atom. The number of allylic oxidation sites excluding steroid dienone is 1. The summed E-state index contributed by atoms with van der Waals surface area (Å²) in [7, 11) is 1.59. The van der Waals surface area contributed by atoms with E-state index >= 15 is 0 Å². The molecular weight excluding hydrogens is 394 g/mol. The Bertz CT molecular complexity index is 928. The Labute approximate surface area is 184 Å². The minimum atomic E-state index is -0.469. The zero-order valence-corrected chi connectivity index (χ0v) is 19.4. The number of aliphatic imine (C=N–C) groups is 1. The fourth-order valence-corrected chi connectivity index (χ4v) is 4.64. The lowest BCUT2D eigenvalue weighted by Crippen LogP contribution is -2.44. The van der Waals surface area contributed by atoms with Crippen LogP contribution in [0, 0.1) is 11.3 Å². The van der Waals surface area contributed by atoms with Crippen LogP contribution < -0.4 is 9.47 Å². The van der Waals surface area contributed by atoms with Gasteiger partial charge in [-0.2, -0.15) is 0 Å². The van der Waals surface area contributed by atoms with Crippen molar-refractivity contribution < 1.29 is 23.8 Å². The van der Waals surface area contributed by atoms with E-state index in [0.717, 1.165) is 24.1 Å². The molecule has 0 N–H and O–H groups in total. The van der Waals surface area contributed by atoms with Crippen molar-refractivity contribution in [2.45, 2.75) is 59.8 Å². The van der Waals surface area contributed by atoms with E-state index < -0.39 is 17.8 Å². The van der Waals surface area contributed by atoms with Gasteiger partial charge in [0.1, 0.15) is 5.78 Å². The lowest BCUT2D eigenvalue weighted by molar-refractivity contribution is -0.139. The first-order valence-electron chi connectivity index (χ1n) is 11.0. The SMILES string of the molecule is CCCOc1ccc([C@@H]2C(C(=O)OCC)=C(C)N=C3CC(C)(C)CC(=O)C32)cc1OC. The molecule has 1 unspecified atom stereocenters. The van der Waals surface area contributed by atoms with Gasteiger partial charge in [-0.05, 0) is 49.8 Å². The molecule has 31 heavy (non-hydrogen) atoms. The van der Waals surface area contributed by atoms with Crippen LogP contribution in [0.25, 0.3) is 0 Å². The number of benzene rings is 1. The fourth-order valence-electron chi connectivity index (χ4n) is 4.64. The van der Waals surface area contributed by atoms with Crippen LogP contribution in [0.15, 0.2) is 34.5 Å². The van der Waals surface area contributed by atoms with E-state index in [4.69, 9.17) is 19.2 Å². The monoisotopic (exact) mass is 427 g/mol. The molecule has 2 atom stereocenters. The Morgan fingerprint density at radius 3 is 2.55 bits per heavy atom. The van der Waals surface area contributed by atoms with Crippen LogP contribution in [0.1, 0.15) is 65.4 Å². The lowest BCUT2D eigenvalue weighted by Gasteiger charge is -2.41. The third-order valence-electron chi connectivity index (χ3n) is 5.87. The number of Topliss-reactive ketones (excluding diaryl/α,β-unsaturated/α-hetero) is 1. The average Bonchev–Trinajstić information content (AvgIpc) is 2.70. The number of esters is 1. The molecule has 1 heterocycles. The maximum absolute atomic E-state index is 13.3. The Balaban J connectivity index is 2.13. The van der Waals surface area contributed by atoms with Gasteiger partial charge < -0.3 is 14.2 Å². The summed E-state index contributed by atoms with van der Waals surface area (Å²) in [5, 5.41) is 0. The minimum absolute atomic E-state index is 0.111. The molecule has 6 nitrogen and oxygen atoms in total. The number of hydrogen-bond donors (Lipinski definition) is 0. The van der Waals surface area contributed by atoms with Crippen LogP contribution in [0.4, 0.5) is 0 Å². The van der Waals surface area contributed by atoms with Gasteiger partial charge in [0.25, 0.3) is 0 Å². The van der Waals surface area contributed by atoms with Gasteiger partial charge in [0, 0.05) is 23.7 Å². The molecule has 6 heteroatoms. The number of hydrogen-bond acceptors (Lipinski definition) is 6. The molecule has 1 aromatic carbocycles. The molecule has 0 aromatic heterocycles. The maximum Gasteiger partial charge on any atom is 0.336 e. The number of nitrogens with zero attached hydrogens (tertiary/aromatic N) is 1. The van der Waals surface area contributed by atoms with Crippen LogP contribution in [0.5, 0.6) is 11.5 Å². The molecule has 3 rings (SSSR count). The first kappa shape index (κ1) is 23.0. The Hall–Kier alpha value is -2.63. The molecule has 2 aliphatic rings. The molecule has 0 bridgehead atoms. The van der Waals surface area contributed by atoms with E-state index in [1.165, 1.54) is 0 Å². The van der Waals surface area contributed by atoms with Crippen molar-refractivity contribution in [1.29, 1.82) is 0 Å². The standard InChI is InChI=1S/C25H33NO5/c1-7-11-31-19-10-9-16(12-20(19)29-6)22-21(24(28)30-8-2)15(3)26-17-13-25(4,5)14-18(27)23(17)22/h9-10,12,22-23H,7-8,11,13-14H2,1-6H3/t22-,23?/m1/s1. The number of ketones is 1. The van der Waals surface area contributed by atoms with E-state index in [0.29, 0.717) is 35.8 Å². The van der Waals surface area contributed by atoms with Crippen molar-refractivity contribution in [1.82, 2.24) is 0 Å². The fraction of sp³-hybridized carbons (Fsp3) is 0.560. The van der Waals surface area contributed by atoms with Crippen molar-refractivity contribution >= 4 is 17.5 Å². The predicted molar refractivity (Wildman–Crippen MR) is 120 cm³/mol. The molecular formula is C25H33NO5. The van der Waals surface area contributed by atoms with Crippen molar-refractivity contribution in [2.75, 3.05) is 20.3 Å². The summed E-state index contributed by atoms with van der Waals surface area (Å²) in [6.45, 7) is 10.7. The summed E-state index contributed by atoms with van der Waals surface area (Å²) < 4.78 is 16.7. The van der Waals surface area contributed by atoms with Gasteiger partial charge in [-0.1, -0.05) is 26.8 Å². The molecule has 1 aliphatic carbocycles. The normalized spacial score (nSPS) is 22.5. The summed E-state index contributed by atoms with van der Waals surface area (Å²) >= 11 is 0. The van der Waals surface area contributed by atoms with Gasteiger partial charge in [-0.15, -0.1) is 0 Å². The highest BCUT2D eigenvalue weighted by molar-refractivity contribution is 6.12. The minimum Gasteiger partial charge on any atom is -0.493 e. The summed E-state index contributed by atoms with van der Waals surface area (Å²) in [5.74, 6) is -0.00504. The second-order valence-electron chi connectivity index (χ2n) is 9.02. The number of rotatable bonds is 7. The van der Waals surface area contributed by atoms with Crippen LogP contribution in [0.3, 0.4) is 0 Å². The molecule has 1 aromatic rings. The highest BCUT2D eigenvalue weighted by atomic mass is 16.5. The van der Waals surface area contributed by atoms with E-state index in [1.807, 2.05) is 32.0 Å². The summed E-state index contributed by atoms with van der Waals surface area (Å²) in [4.78, 5) is 31.0. The maximum atomic E-state index is 13.3. The lowest BCUT2D eigenvalue weighted by atomic mass is 9.63. The van der Waals surface area contributed by atoms with Gasteiger partial charge in [0.05, 0.1) is 31.8 Å². The third kappa shape index (κ3) is 4.68. The van der Waals surface area contributed by atoms with Crippen molar-refractivity contribution in [2.24, 2.45) is 16.3 Å². The van der Waals surface area contributed by atoms with Gasteiger partial charge >= 0.3 is 5.97 Å². The molecule has 0 saturated heterocycles. The van der Waals surface area contributed by atoms with E-state index in [2.05, 4.69) is 13.8 Å². The molecule has 1 fully saturated rings. The zero-order chi connectivity index (χ0) is 22.8. The smallest absolute Gasteiger partial charge is 0.336 e. The Morgan fingerprint density at radius 1 is 1.16 bits per heavy atom. The van der Waals surface area contributed by atoms with E-state index in [1.54, 1.807) is 14.0 Å². The predicted octanol–water partition coefficient (Wildman–Crippen LogP) is 4.86. The summed E-state index contributed by atoms with van der Waals surface area (Å²) in [5.41, 5.74) is 2.60. The molecule has 0 amide bonds. The van der Waals surface area contributed by atoms with Gasteiger partial charge in [-0.25, -0.2) is 4.79 Å². The highest BCUT2D eigenvalue weighted by Gasteiger charge is 2.47. The quantitative estimate of drug-likeness (QED) is 0.581. The first-order chi connectivity index (χ1) is 14.7.